The molecule has 96 valence electrons. The van der Waals surface area contributed by atoms with E-state index in [1.807, 2.05) is 12.4 Å². The number of methoxy groups -OCH3 is 1. The molecule has 1 aromatic heterocycles. The summed E-state index contributed by atoms with van der Waals surface area (Å²) >= 11 is 1.65. The number of nitrogens with one attached hydrogen (secondary N) is 1. The van der Waals surface area contributed by atoms with Crippen LogP contribution >= 0.6 is 11.3 Å². The number of aryl methyl sites for hydroxylation is 1. The van der Waals surface area contributed by atoms with Crippen molar-refractivity contribution in [1.29, 1.82) is 0 Å². The SMILES string of the molecule is COc1ccc(NCCc2scnc2C)cc1F. The summed E-state index contributed by atoms with van der Waals surface area (Å²) < 4.78 is 18.3. The largest absolute Gasteiger partial charge is 0.494 e. The Morgan fingerprint density at radius 1 is 1.44 bits per heavy atom. The lowest BCUT2D eigenvalue weighted by atomic mass is 10.2. The Labute approximate surface area is 110 Å². The first-order valence-electron chi connectivity index (χ1n) is 5.67. The van der Waals surface area contributed by atoms with Gasteiger partial charge < -0.3 is 10.1 Å². The summed E-state index contributed by atoms with van der Waals surface area (Å²) in [5, 5.41) is 3.19. The van der Waals surface area contributed by atoms with Crippen molar-refractivity contribution in [2.45, 2.75) is 13.3 Å². The third kappa shape index (κ3) is 2.98. The molecule has 1 heterocycles. The van der Waals surface area contributed by atoms with Gasteiger partial charge in [-0.15, -0.1) is 11.3 Å². The van der Waals surface area contributed by atoms with E-state index < -0.39 is 0 Å². The molecule has 0 atom stereocenters. The summed E-state index contributed by atoms with van der Waals surface area (Å²) in [5.41, 5.74) is 3.68. The smallest absolute Gasteiger partial charge is 0.167 e. The maximum Gasteiger partial charge on any atom is 0.167 e. The summed E-state index contributed by atoms with van der Waals surface area (Å²) in [6.07, 6.45) is 0.893. The van der Waals surface area contributed by atoms with Crippen molar-refractivity contribution < 1.29 is 9.13 Å². The Hall–Kier alpha value is -1.62. The van der Waals surface area contributed by atoms with Crippen LogP contribution in [0.1, 0.15) is 10.6 Å². The summed E-state index contributed by atoms with van der Waals surface area (Å²) in [6.45, 7) is 2.76. The van der Waals surface area contributed by atoms with Crippen molar-refractivity contribution in [3.63, 3.8) is 0 Å². The van der Waals surface area contributed by atoms with Crippen molar-refractivity contribution >= 4 is 17.0 Å². The van der Waals surface area contributed by atoms with Crippen LogP contribution in [0.2, 0.25) is 0 Å². The molecule has 2 rings (SSSR count). The Kier molecular flexibility index (Phi) is 4.15. The lowest BCUT2D eigenvalue weighted by Crippen LogP contribution is -2.05. The van der Waals surface area contributed by atoms with E-state index in [1.54, 1.807) is 23.5 Å². The number of ether oxygens (including phenoxy) is 1. The van der Waals surface area contributed by atoms with Gasteiger partial charge in [-0.2, -0.15) is 0 Å². The number of halogens is 1. The summed E-state index contributed by atoms with van der Waals surface area (Å²) in [4.78, 5) is 5.45. The van der Waals surface area contributed by atoms with Crippen molar-refractivity contribution in [3.8, 4) is 5.75 Å². The molecule has 0 bridgehead atoms. The Balaban J connectivity index is 1.91. The first-order valence-corrected chi connectivity index (χ1v) is 6.55. The summed E-state index contributed by atoms with van der Waals surface area (Å²) in [7, 11) is 1.46. The van der Waals surface area contributed by atoms with Crippen LogP contribution in [-0.4, -0.2) is 18.6 Å². The zero-order valence-electron chi connectivity index (χ0n) is 10.4. The molecule has 0 aliphatic carbocycles. The Morgan fingerprint density at radius 3 is 2.89 bits per heavy atom. The number of nitrogens with zero attached hydrogens (tertiary/aromatic N) is 1. The first-order chi connectivity index (χ1) is 8.70. The molecule has 1 aromatic carbocycles. The summed E-state index contributed by atoms with van der Waals surface area (Å²) in [6, 6.07) is 4.87. The Morgan fingerprint density at radius 2 is 2.28 bits per heavy atom. The van der Waals surface area contributed by atoms with E-state index in [0.717, 1.165) is 24.3 Å². The second-order valence-corrected chi connectivity index (χ2v) is 4.83. The molecule has 0 saturated carbocycles. The highest BCUT2D eigenvalue weighted by molar-refractivity contribution is 7.09. The van der Waals surface area contributed by atoms with Crippen molar-refractivity contribution in [1.82, 2.24) is 4.98 Å². The number of rotatable bonds is 5. The van der Waals surface area contributed by atoms with Gasteiger partial charge in [-0.3, -0.25) is 0 Å². The van der Waals surface area contributed by atoms with Crippen LogP contribution in [0.4, 0.5) is 10.1 Å². The molecule has 2 aromatic rings. The van der Waals surface area contributed by atoms with Crippen LogP contribution in [-0.2, 0) is 6.42 Å². The highest BCUT2D eigenvalue weighted by Gasteiger charge is 2.04. The van der Waals surface area contributed by atoms with Gasteiger partial charge in [0.15, 0.2) is 11.6 Å². The van der Waals surface area contributed by atoms with Crippen LogP contribution in [0.15, 0.2) is 23.7 Å². The van der Waals surface area contributed by atoms with Gasteiger partial charge in [-0.25, -0.2) is 9.37 Å². The fourth-order valence-electron chi connectivity index (χ4n) is 1.66. The van der Waals surface area contributed by atoms with Gasteiger partial charge >= 0.3 is 0 Å². The van der Waals surface area contributed by atoms with Gasteiger partial charge in [-0.1, -0.05) is 0 Å². The third-order valence-corrected chi connectivity index (χ3v) is 3.67. The molecule has 0 fully saturated rings. The van der Waals surface area contributed by atoms with Gasteiger partial charge in [0, 0.05) is 29.6 Å². The highest BCUT2D eigenvalue weighted by atomic mass is 32.1. The van der Waals surface area contributed by atoms with E-state index in [1.165, 1.54) is 18.1 Å². The molecule has 1 N–H and O–H groups in total. The van der Waals surface area contributed by atoms with E-state index in [4.69, 9.17) is 4.74 Å². The van der Waals surface area contributed by atoms with Gasteiger partial charge in [0.2, 0.25) is 0 Å². The quantitative estimate of drug-likeness (QED) is 0.902. The number of hydrogen-bond acceptors (Lipinski definition) is 4. The molecule has 0 radical (unpaired) electrons. The molecule has 0 aliphatic rings. The number of benzene rings is 1. The fourth-order valence-corrected chi connectivity index (χ4v) is 2.44. The zero-order chi connectivity index (χ0) is 13.0. The fraction of sp³-hybridized carbons (Fsp3) is 0.308. The minimum atomic E-state index is -0.350. The third-order valence-electron chi connectivity index (χ3n) is 2.68. The van der Waals surface area contributed by atoms with Crippen molar-refractivity contribution in [2.75, 3.05) is 19.0 Å². The van der Waals surface area contributed by atoms with Gasteiger partial charge in [0.05, 0.1) is 18.3 Å². The normalized spacial score (nSPS) is 10.4. The molecule has 0 amide bonds. The maximum atomic E-state index is 13.4. The molecule has 0 spiro atoms. The molecule has 0 aliphatic heterocycles. The lowest BCUT2D eigenvalue weighted by Gasteiger charge is -2.07. The molecule has 0 unspecified atom stereocenters. The molecule has 5 heteroatoms. The first kappa shape index (κ1) is 12.8. The highest BCUT2D eigenvalue weighted by Crippen LogP contribution is 2.20. The molecule has 0 saturated heterocycles. The number of thiazole rings is 1. The number of aromatic nitrogens is 1. The zero-order valence-corrected chi connectivity index (χ0v) is 11.2. The molecular weight excluding hydrogens is 251 g/mol. The van der Waals surface area contributed by atoms with E-state index in [9.17, 15) is 4.39 Å². The van der Waals surface area contributed by atoms with Gasteiger partial charge in [0.1, 0.15) is 0 Å². The minimum absolute atomic E-state index is 0.263. The predicted molar refractivity (Wildman–Crippen MR) is 72.0 cm³/mol. The summed E-state index contributed by atoms with van der Waals surface area (Å²) in [5.74, 6) is -0.0877. The topological polar surface area (TPSA) is 34.1 Å². The van der Waals surface area contributed by atoms with E-state index >= 15 is 0 Å². The average molecular weight is 266 g/mol. The second kappa shape index (κ2) is 5.82. The van der Waals surface area contributed by atoms with Crippen molar-refractivity contribution in [3.05, 3.63) is 40.1 Å². The monoisotopic (exact) mass is 266 g/mol. The number of anilines is 1. The standard InChI is InChI=1S/C13H15FN2OS/c1-9-13(18-8-16-9)5-6-15-10-3-4-12(17-2)11(14)7-10/h3-4,7-8,15H,5-6H2,1-2H3. The molecule has 18 heavy (non-hydrogen) atoms. The van der Waals surface area contributed by atoms with Gasteiger partial charge in [0.25, 0.3) is 0 Å². The van der Waals surface area contributed by atoms with Crippen molar-refractivity contribution in [2.24, 2.45) is 0 Å². The van der Waals surface area contributed by atoms with E-state index in [2.05, 4.69) is 10.3 Å². The van der Waals surface area contributed by atoms with Crippen LogP contribution in [0.3, 0.4) is 0 Å². The van der Waals surface area contributed by atoms with E-state index in [-0.39, 0.29) is 11.6 Å². The maximum absolute atomic E-state index is 13.4. The minimum Gasteiger partial charge on any atom is -0.494 e. The van der Waals surface area contributed by atoms with Crippen LogP contribution in [0.25, 0.3) is 0 Å². The molecular formula is C13H15FN2OS. The lowest BCUT2D eigenvalue weighted by molar-refractivity contribution is 0.386. The predicted octanol–water partition coefficient (Wildman–Crippen LogP) is 3.25. The molecule has 3 nitrogen and oxygen atoms in total. The van der Waals surface area contributed by atoms with Crippen LogP contribution < -0.4 is 10.1 Å². The van der Waals surface area contributed by atoms with Gasteiger partial charge in [-0.05, 0) is 19.1 Å². The second-order valence-electron chi connectivity index (χ2n) is 3.89. The van der Waals surface area contributed by atoms with E-state index in [0.29, 0.717) is 0 Å². The average Bonchev–Trinajstić information content (AvgIpc) is 2.75. The van der Waals surface area contributed by atoms with Crippen LogP contribution in [0, 0.1) is 12.7 Å². The number of hydrogen-bond donors (Lipinski definition) is 1. The van der Waals surface area contributed by atoms with Crippen LogP contribution in [0.5, 0.6) is 5.75 Å². The Bertz CT molecular complexity index is 527.